The highest BCUT2D eigenvalue weighted by Gasteiger charge is 2.29. The summed E-state index contributed by atoms with van der Waals surface area (Å²) in [7, 11) is 5.93. The second-order valence-corrected chi connectivity index (χ2v) is 8.57. The van der Waals surface area contributed by atoms with Crippen LogP contribution < -0.4 is 15.4 Å². The fourth-order valence-electron chi connectivity index (χ4n) is 3.91. The molecule has 0 amide bonds. The van der Waals surface area contributed by atoms with Crippen LogP contribution in [0.5, 0.6) is 5.75 Å². The van der Waals surface area contributed by atoms with Gasteiger partial charge in [0.25, 0.3) is 0 Å². The lowest BCUT2D eigenvalue weighted by atomic mass is 10.2. The van der Waals surface area contributed by atoms with Crippen LogP contribution in [0.3, 0.4) is 0 Å². The molecule has 6 nitrogen and oxygen atoms in total. The van der Waals surface area contributed by atoms with Crippen LogP contribution in [0.2, 0.25) is 0 Å². The third-order valence-electron chi connectivity index (χ3n) is 5.66. The second-order valence-electron chi connectivity index (χ2n) is 8.57. The van der Waals surface area contributed by atoms with Gasteiger partial charge in [0.1, 0.15) is 12.4 Å². The van der Waals surface area contributed by atoms with Crippen LogP contribution in [0, 0.1) is 0 Å². The van der Waals surface area contributed by atoms with E-state index in [4.69, 9.17) is 4.74 Å². The highest BCUT2D eigenvalue weighted by atomic mass is 127. The summed E-state index contributed by atoms with van der Waals surface area (Å²) in [6.07, 6.45) is 1.11. The molecule has 1 heterocycles. The van der Waals surface area contributed by atoms with E-state index in [1.54, 1.807) is 0 Å². The van der Waals surface area contributed by atoms with Crippen molar-refractivity contribution in [1.29, 1.82) is 0 Å². The van der Waals surface area contributed by atoms with Crippen molar-refractivity contribution < 1.29 is 4.74 Å². The summed E-state index contributed by atoms with van der Waals surface area (Å²) < 4.78 is 5.85. The average molecular weight is 552 g/mol. The minimum absolute atomic E-state index is 0. The number of nitrogens with one attached hydrogen (secondary N) is 2. The average Bonchev–Trinajstić information content (AvgIpc) is 3.10. The van der Waals surface area contributed by atoms with Crippen molar-refractivity contribution in [2.24, 2.45) is 4.99 Å². The van der Waals surface area contributed by atoms with Gasteiger partial charge in [-0.2, -0.15) is 0 Å². The first-order valence-corrected chi connectivity index (χ1v) is 11.1. The van der Waals surface area contributed by atoms with Gasteiger partial charge in [0, 0.05) is 45.3 Å². The number of hydrogen-bond donors (Lipinski definition) is 2. The Kier molecular flexibility index (Phi) is 11.3. The monoisotopic (exact) mass is 551 g/mol. The van der Waals surface area contributed by atoms with Crippen LogP contribution in [-0.4, -0.2) is 68.7 Å². The lowest BCUT2D eigenvalue weighted by Gasteiger charge is -2.21. The number of halogens is 1. The van der Waals surface area contributed by atoms with E-state index >= 15 is 0 Å². The van der Waals surface area contributed by atoms with Crippen molar-refractivity contribution in [3.05, 3.63) is 65.7 Å². The lowest BCUT2D eigenvalue weighted by molar-refractivity contribution is 0.258. The molecule has 0 bridgehead atoms. The van der Waals surface area contributed by atoms with Crippen molar-refractivity contribution in [2.75, 3.05) is 40.8 Å². The normalized spacial score (nSPS) is 19.0. The minimum atomic E-state index is 0. The summed E-state index contributed by atoms with van der Waals surface area (Å²) >= 11 is 0. The molecular weight excluding hydrogens is 513 g/mol. The number of benzene rings is 2. The fraction of sp³-hybridized carbons (Fsp3) is 0.480. The summed E-state index contributed by atoms with van der Waals surface area (Å²) in [4.78, 5) is 9.08. The molecule has 3 rings (SSSR count). The van der Waals surface area contributed by atoms with E-state index in [0.717, 1.165) is 37.8 Å². The zero-order chi connectivity index (χ0) is 22.1. The Balaban J connectivity index is 0.00000363. The number of likely N-dealkylation sites (N-methyl/N-ethyl adjacent to an activating group) is 1. The number of nitrogens with zero attached hydrogens (tertiary/aromatic N) is 3. The highest BCUT2D eigenvalue weighted by Crippen LogP contribution is 2.20. The van der Waals surface area contributed by atoms with Gasteiger partial charge in [-0.05, 0) is 50.7 Å². The van der Waals surface area contributed by atoms with Gasteiger partial charge >= 0.3 is 0 Å². The largest absolute Gasteiger partial charge is 0.492 e. The molecule has 1 aliphatic heterocycles. The Morgan fingerprint density at radius 2 is 1.88 bits per heavy atom. The molecule has 2 atom stereocenters. The first-order chi connectivity index (χ1) is 15.0. The number of hydrogen-bond acceptors (Lipinski definition) is 4. The molecule has 0 radical (unpaired) electrons. The first kappa shape index (κ1) is 26.4. The van der Waals surface area contributed by atoms with E-state index in [1.165, 1.54) is 11.1 Å². The number of rotatable bonds is 9. The summed E-state index contributed by atoms with van der Waals surface area (Å²) in [6, 6.07) is 19.9. The van der Waals surface area contributed by atoms with E-state index < -0.39 is 0 Å². The number of ether oxygens (including phenoxy) is 1. The molecule has 0 aromatic heterocycles. The molecule has 2 aromatic carbocycles. The highest BCUT2D eigenvalue weighted by molar-refractivity contribution is 14.0. The summed E-state index contributed by atoms with van der Waals surface area (Å²) in [6.45, 7) is 6.62. The summed E-state index contributed by atoms with van der Waals surface area (Å²) in [5.41, 5.74) is 2.54. The summed E-state index contributed by atoms with van der Waals surface area (Å²) in [5, 5.41) is 7.05. The third-order valence-corrected chi connectivity index (χ3v) is 5.66. The Hall–Kier alpha value is -1.84. The smallest absolute Gasteiger partial charge is 0.191 e. The van der Waals surface area contributed by atoms with Crippen molar-refractivity contribution in [2.45, 2.75) is 38.5 Å². The van der Waals surface area contributed by atoms with Gasteiger partial charge in [-0.3, -0.25) is 9.89 Å². The van der Waals surface area contributed by atoms with Crippen LogP contribution in [-0.2, 0) is 13.1 Å². The zero-order valence-corrected chi connectivity index (χ0v) is 22.1. The predicted molar refractivity (Wildman–Crippen MR) is 144 cm³/mol. The Bertz CT molecular complexity index is 830. The number of aliphatic imine (C=N–C) groups is 1. The molecule has 1 aliphatic rings. The molecule has 2 unspecified atom stereocenters. The van der Waals surface area contributed by atoms with Crippen LogP contribution in [0.15, 0.2) is 59.6 Å². The number of guanidine groups is 1. The van der Waals surface area contributed by atoms with Gasteiger partial charge in [0.2, 0.25) is 0 Å². The van der Waals surface area contributed by atoms with Gasteiger partial charge in [-0.15, -0.1) is 24.0 Å². The molecule has 0 aliphatic carbocycles. The second kappa shape index (κ2) is 13.6. The van der Waals surface area contributed by atoms with Crippen LogP contribution in [0.1, 0.15) is 24.5 Å². The van der Waals surface area contributed by atoms with E-state index in [9.17, 15) is 0 Å². The number of likely N-dealkylation sites (tertiary alicyclic amines) is 1. The SMILES string of the molecule is CN=C(NCc1cccc(OCCN(C)C)c1)NC1CC(C)N(Cc2ccccc2)C1.I. The van der Waals surface area contributed by atoms with Crippen molar-refractivity contribution in [3.8, 4) is 5.75 Å². The van der Waals surface area contributed by atoms with Crippen LogP contribution >= 0.6 is 24.0 Å². The molecule has 1 fully saturated rings. The standard InChI is InChI=1S/C25H37N5O.HI/c1-20-15-23(19-30(20)18-21-9-6-5-7-10-21)28-25(26-2)27-17-22-11-8-12-24(16-22)31-14-13-29(3)4;/h5-12,16,20,23H,13-15,17-19H2,1-4H3,(H2,26,27,28);1H. The summed E-state index contributed by atoms with van der Waals surface area (Å²) in [5.74, 6) is 1.75. The molecule has 2 aromatic rings. The van der Waals surface area contributed by atoms with Crippen molar-refractivity contribution in [3.63, 3.8) is 0 Å². The minimum Gasteiger partial charge on any atom is -0.492 e. The molecule has 0 spiro atoms. The van der Waals surface area contributed by atoms with Crippen molar-refractivity contribution >= 4 is 29.9 Å². The van der Waals surface area contributed by atoms with Gasteiger partial charge in [-0.25, -0.2) is 0 Å². The van der Waals surface area contributed by atoms with Crippen molar-refractivity contribution in [1.82, 2.24) is 20.4 Å². The van der Waals surface area contributed by atoms with Gasteiger partial charge < -0.3 is 20.3 Å². The molecular formula is C25H38IN5O. The molecule has 2 N–H and O–H groups in total. The molecule has 1 saturated heterocycles. The van der Waals surface area contributed by atoms with Gasteiger partial charge in [0.15, 0.2) is 5.96 Å². The Morgan fingerprint density at radius 3 is 2.59 bits per heavy atom. The maximum Gasteiger partial charge on any atom is 0.191 e. The van der Waals surface area contributed by atoms with Crippen LogP contribution in [0.4, 0.5) is 0 Å². The molecule has 176 valence electrons. The van der Waals surface area contributed by atoms with Gasteiger partial charge in [-0.1, -0.05) is 42.5 Å². The fourth-order valence-corrected chi connectivity index (χ4v) is 3.91. The lowest BCUT2D eigenvalue weighted by Crippen LogP contribution is -2.44. The van der Waals surface area contributed by atoms with E-state index in [2.05, 4.69) is 74.8 Å². The van der Waals surface area contributed by atoms with E-state index in [1.807, 2.05) is 33.3 Å². The molecule has 32 heavy (non-hydrogen) atoms. The predicted octanol–water partition coefficient (Wildman–Crippen LogP) is 3.57. The Morgan fingerprint density at radius 1 is 1.12 bits per heavy atom. The first-order valence-electron chi connectivity index (χ1n) is 11.1. The maximum atomic E-state index is 5.85. The van der Waals surface area contributed by atoms with E-state index in [-0.39, 0.29) is 24.0 Å². The zero-order valence-electron chi connectivity index (χ0n) is 19.8. The topological polar surface area (TPSA) is 52.1 Å². The van der Waals surface area contributed by atoms with Crippen LogP contribution in [0.25, 0.3) is 0 Å². The molecule has 7 heteroatoms. The van der Waals surface area contributed by atoms with E-state index in [0.29, 0.717) is 25.2 Å². The quantitative estimate of drug-likeness (QED) is 0.284. The maximum absolute atomic E-state index is 5.85. The third kappa shape index (κ3) is 8.60. The Labute approximate surface area is 210 Å². The molecule has 0 saturated carbocycles. The van der Waals surface area contributed by atoms with Gasteiger partial charge in [0.05, 0.1) is 0 Å².